The molecule has 0 saturated heterocycles. The number of hydrogen-bond acceptors (Lipinski definition) is 5. The van der Waals surface area contributed by atoms with Crippen LogP contribution in [0.3, 0.4) is 0 Å². The number of carbonyl (C=O) groups excluding carboxylic acids is 1. The fourth-order valence-electron chi connectivity index (χ4n) is 2.48. The van der Waals surface area contributed by atoms with Crippen molar-refractivity contribution in [2.75, 3.05) is 13.2 Å². The zero-order valence-corrected chi connectivity index (χ0v) is 15.2. The number of benzene rings is 2. The summed E-state index contributed by atoms with van der Waals surface area (Å²) in [7, 11) is 0. The average Bonchev–Trinajstić information content (AvgIpc) is 2.98. The summed E-state index contributed by atoms with van der Waals surface area (Å²) in [4.78, 5) is 16.5. The van der Waals surface area contributed by atoms with E-state index in [1.165, 1.54) is 0 Å². The Bertz CT molecular complexity index is 889. The van der Waals surface area contributed by atoms with Crippen molar-refractivity contribution in [1.82, 2.24) is 0 Å². The van der Waals surface area contributed by atoms with Gasteiger partial charge in [0.25, 0.3) is 0 Å². The van der Waals surface area contributed by atoms with Crippen LogP contribution in [-0.2, 0) is 9.53 Å². The third kappa shape index (κ3) is 3.89. The number of esters is 1. The number of hydrogen-bond donors (Lipinski definition) is 0. The molecule has 0 saturated carbocycles. The van der Waals surface area contributed by atoms with Crippen molar-refractivity contribution >= 4 is 29.5 Å². The number of cyclic esters (lactones) is 1. The lowest BCUT2D eigenvalue weighted by Crippen LogP contribution is -2.05. The zero-order chi connectivity index (χ0) is 18.5. The van der Waals surface area contributed by atoms with Gasteiger partial charge in [-0.2, -0.15) is 0 Å². The molecule has 1 heterocycles. The molecule has 2 aromatic carbocycles. The van der Waals surface area contributed by atoms with E-state index in [0.717, 1.165) is 0 Å². The number of ether oxygens (including phenoxy) is 3. The third-order valence-electron chi connectivity index (χ3n) is 3.61. The Morgan fingerprint density at radius 1 is 1.12 bits per heavy atom. The highest BCUT2D eigenvalue weighted by Crippen LogP contribution is 2.29. The van der Waals surface area contributed by atoms with E-state index in [0.29, 0.717) is 40.9 Å². The SMILES string of the molecule is CCOc1ccc(/C=C2\N=C(c3ccccc3Cl)OC2=O)c(OCC)c1. The first-order chi connectivity index (χ1) is 12.6. The summed E-state index contributed by atoms with van der Waals surface area (Å²) in [5, 5.41) is 0.469. The van der Waals surface area contributed by atoms with Crippen molar-refractivity contribution in [3.63, 3.8) is 0 Å². The van der Waals surface area contributed by atoms with E-state index in [1.807, 2.05) is 26.0 Å². The van der Waals surface area contributed by atoms with Gasteiger partial charge < -0.3 is 14.2 Å². The van der Waals surface area contributed by atoms with Crippen LogP contribution in [0.4, 0.5) is 0 Å². The van der Waals surface area contributed by atoms with Crippen molar-refractivity contribution < 1.29 is 19.0 Å². The molecule has 0 atom stereocenters. The molecule has 5 nitrogen and oxygen atoms in total. The minimum Gasteiger partial charge on any atom is -0.494 e. The Kier molecular flexibility index (Phi) is 5.58. The highest BCUT2D eigenvalue weighted by atomic mass is 35.5. The number of rotatable bonds is 6. The van der Waals surface area contributed by atoms with E-state index in [1.54, 1.807) is 36.4 Å². The first-order valence-electron chi connectivity index (χ1n) is 8.29. The molecule has 26 heavy (non-hydrogen) atoms. The van der Waals surface area contributed by atoms with E-state index in [2.05, 4.69) is 4.99 Å². The molecule has 0 radical (unpaired) electrons. The number of carbonyl (C=O) groups is 1. The minimum atomic E-state index is -0.531. The highest BCUT2D eigenvalue weighted by molar-refractivity contribution is 6.34. The third-order valence-corrected chi connectivity index (χ3v) is 3.94. The van der Waals surface area contributed by atoms with Gasteiger partial charge in [0, 0.05) is 11.6 Å². The first kappa shape index (κ1) is 18.0. The molecule has 0 aliphatic carbocycles. The Hall–Kier alpha value is -2.79. The number of nitrogens with zero attached hydrogens (tertiary/aromatic N) is 1. The van der Waals surface area contributed by atoms with E-state index < -0.39 is 5.97 Å². The van der Waals surface area contributed by atoms with Crippen LogP contribution in [-0.4, -0.2) is 25.1 Å². The fourth-order valence-corrected chi connectivity index (χ4v) is 2.69. The second-order valence-corrected chi connectivity index (χ2v) is 5.79. The second kappa shape index (κ2) is 8.06. The molecule has 0 fully saturated rings. The van der Waals surface area contributed by atoms with Crippen LogP contribution in [0.2, 0.25) is 5.02 Å². The molecular formula is C20H18ClNO4. The van der Waals surface area contributed by atoms with Gasteiger partial charge in [-0.05, 0) is 44.2 Å². The maximum Gasteiger partial charge on any atom is 0.363 e. The van der Waals surface area contributed by atoms with Crippen LogP contribution in [0, 0.1) is 0 Å². The summed E-state index contributed by atoms with van der Waals surface area (Å²) in [6, 6.07) is 12.5. The van der Waals surface area contributed by atoms with Crippen LogP contribution in [0.15, 0.2) is 53.2 Å². The van der Waals surface area contributed by atoms with Crippen molar-refractivity contribution in [2.45, 2.75) is 13.8 Å². The van der Waals surface area contributed by atoms with E-state index in [-0.39, 0.29) is 11.6 Å². The number of aliphatic imine (C=N–C) groups is 1. The number of halogens is 1. The smallest absolute Gasteiger partial charge is 0.363 e. The summed E-state index contributed by atoms with van der Waals surface area (Å²) in [5.74, 6) is 0.972. The Morgan fingerprint density at radius 3 is 2.62 bits per heavy atom. The van der Waals surface area contributed by atoms with Gasteiger partial charge in [-0.3, -0.25) is 0 Å². The normalized spacial score (nSPS) is 15.0. The van der Waals surface area contributed by atoms with Gasteiger partial charge in [-0.25, -0.2) is 9.79 Å². The molecule has 0 aromatic heterocycles. The molecule has 134 valence electrons. The van der Waals surface area contributed by atoms with Crippen LogP contribution < -0.4 is 9.47 Å². The van der Waals surface area contributed by atoms with Gasteiger partial charge in [-0.15, -0.1) is 0 Å². The molecule has 6 heteroatoms. The van der Waals surface area contributed by atoms with Crippen molar-refractivity contribution in [1.29, 1.82) is 0 Å². The Morgan fingerprint density at radius 2 is 1.88 bits per heavy atom. The summed E-state index contributed by atoms with van der Waals surface area (Å²) >= 11 is 6.15. The second-order valence-electron chi connectivity index (χ2n) is 5.38. The monoisotopic (exact) mass is 371 g/mol. The molecule has 0 spiro atoms. The Labute approximate surface area is 156 Å². The summed E-state index contributed by atoms with van der Waals surface area (Å²) in [6.45, 7) is 4.85. The van der Waals surface area contributed by atoms with Gasteiger partial charge in [-0.1, -0.05) is 23.7 Å². The standard InChI is InChI=1S/C20H18ClNO4/c1-3-24-14-10-9-13(18(12-14)25-4-2)11-17-20(23)26-19(22-17)15-7-5-6-8-16(15)21/h5-12H,3-4H2,1-2H3/b17-11-. The molecule has 0 amide bonds. The predicted molar refractivity (Wildman–Crippen MR) is 101 cm³/mol. The quantitative estimate of drug-likeness (QED) is 0.555. The predicted octanol–water partition coefficient (Wildman–Crippen LogP) is 4.48. The van der Waals surface area contributed by atoms with Gasteiger partial charge in [0.2, 0.25) is 5.90 Å². The molecule has 2 aromatic rings. The van der Waals surface area contributed by atoms with E-state index in [4.69, 9.17) is 25.8 Å². The lowest BCUT2D eigenvalue weighted by Gasteiger charge is -2.10. The van der Waals surface area contributed by atoms with Gasteiger partial charge in [0.15, 0.2) is 5.70 Å². The molecule has 0 bridgehead atoms. The summed E-state index contributed by atoms with van der Waals surface area (Å²) < 4.78 is 16.4. The molecule has 1 aliphatic rings. The van der Waals surface area contributed by atoms with E-state index in [9.17, 15) is 4.79 Å². The van der Waals surface area contributed by atoms with Crippen LogP contribution in [0.25, 0.3) is 6.08 Å². The lowest BCUT2D eigenvalue weighted by molar-refractivity contribution is -0.129. The van der Waals surface area contributed by atoms with Crippen molar-refractivity contribution in [3.05, 3.63) is 64.3 Å². The fraction of sp³-hybridized carbons (Fsp3) is 0.200. The van der Waals surface area contributed by atoms with Crippen LogP contribution >= 0.6 is 11.6 Å². The maximum atomic E-state index is 12.2. The van der Waals surface area contributed by atoms with Crippen LogP contribution in [0.5, 0.6) is 11.5 Å². The van der Waals surface area contributed by atoms with Gasteiger partial charge >= 0.3 is 5.97 Å². The van der Waals surface area contributed by atoms with Crippen molar-refractivity contribution in [2.24, 2.45) is 4.99 Å². The zero-order valence-electron chi connectivity index (χ0n) is 14.5. The average molecular weight is 372 g/mol. The molecular weight excluding hydrogens is 354 g/mol. The van der Waals surface area contributed by atoms with Crippen LogP contribution in [0.1, 0.15) is 25.0 Å². The van der Waals surface area contributed by atoms with Gasteiger partial charge in [0.1, 0.15) is 11.5 Å². The maximum absolute atomic E-state index is 12.2. The topological polar surface area (TPSA) is 57.1 Å². The molecule has 3 rings (SSSR count). The minimum absolute atomic E-state index is 0.185. The molecule has 0 N–H and O–H groups in total. The molecule has 1 aliphatic heterocycles. The highest BCUT2D eigenvalue weighted by Gasteiger charge is 2.25. The Balaban J connectivity index is 1.96. The summed E-state index contributed by atoms with van der Waals surface area (Å²) in [5.41, 5.74) is 1.47. The first-order valence-corrected chi connectivity index (χ1v) is 8.67. The van der Waals surface area contributed by atoms with Gasteiger partial charge in [0.05, 0.1) is 23.8 Å². The lowest BCUT2D eigenvalue weighted by atomic mass is 10.1. The summed E-state index contributed by atoms with van der Waals surface area (Å²) in [6.07, 6.45) is 1.63. The van der Waals surface area contributed by atoms with E-state index >= 15 is 0 Å². The largest absolute Gasteiger partial charge is 0.494 e. The molecule has 0 unspecified atom stereocenters. The van der Waals surface area contributed by atoms with Crippen molar-refractivity contribution in [3.8, 4) is 11.5 Å².